The molecule has 0 bridgehead atoms. The van der Waals surface area contributed by atoms with Crippen LogP contribution in [0.25, 0.3) is 0 Å². The van der Waals surface area contributed by atoms with Gasteiger partial charge in [0, 0.05) is 17.4 Å². The van der Waals surface area contributed by atoms with E-state index in [0.29, 0.717) is 6.61 Å². The van der Waals surface area contributed by atoms with Gasteiger partial charge in [-0.2, -0.15) is 5.26 Å². The standard InChI is InChI=1S/C12H13NO2S/c1-8-9(4-5-15-8)12(14)10(7-13)11-3-2-6-16-11/h2-3,6,8-10H,4-5H2,1H3. The van der Waals surface area contributed by atoms with Crippen molar-refractivity contribution in [3.63, 3.8) is 0 Å². The Labute approximate surface area is 98.7 Å². The Morgan fingerprint density at radius 1 is 1.75 bits per heavy atom. The number of ketones is 1. The van der Waals surface area contributed by atoms with E-state index in [0.717, 1.165) is 11.3 Å². The van der Waals surface area contributed by atoms with E-state index in [4.69, 9.17) is 10.00 Å². The van der Waals surface area contributed by atoms with E-state index >= 15 is 0 Å². The average molecular weight is 235 g/mol. The number of hydrogen-bond donors (Lipinski definition) is 0. The number of nitriles is 1. The molecule has 2 heterocycles. The van der Waals surface area contributed by atoms with Gasteiger partial charge >= 0.3 is 0 Å². The highest BCUT2D eigenvalue weighted by atomic mass is 32.1. The van der Waals surface area contributed by atoms with Crippen molar-refractivity contribution in [3.8, 4) is 6.07 Å². The van der Waals surface area contributed by atoms with Gasteiger partial charge in [0.15, 0.2) is 5.78 Å². The number of nitrogens with zero attached hydrogens (tertiary/aromatic N) is 1. The predicted octanol–water partition coefficient (Wildman–Crippen LogP) is 2.35. The third kappa shape index (κ3) is 2.01. The van der Waals surface area contributed by atoms with E-state index in [1.807, 2.05) is 24.4 Å². The molecule has 84 valence electrons. The summed E-state index contributed by atoms with van der Waals surface area (Å²) in [4.78, 5) is 13.0. The molecule has 0 amide bonds. The van der Waals surface area contributed by atoms with Gasteiger partial charge in [-0.05, 0) is 24.8 Å². The third-order valence-electron chi connectivity index (χ3n) is 2.98. The van der Waals surface area contributed by atoms with E-state index in [1.165, 1.54) is 11.3 Å². The molecule has 3 unspecified atom stereocenters. The van der Waals surface area contributed by atoms with Crippen LogP contribution in [0.2, 0.25) is 0 Å². The number of carbonyl (C=O) groups excluding carboxylic acids is 1. The van der Waals surface area contributed by atoms with Crippen LogP contribution in [0.1, 0.15) is 24.1 Å². The molecule has 1 aliphatic rings. The van der Waals surface area contributed by atoms with Crippen molar-refractivity contribution in [1.29, 1.82) is 5.26 Å². The highest BCUT2D eigenvalue weighted by Crippen LogP contribution is 2.30. The molecule has 1 aromatic heterocycles. The molecule has 1 fully saturated rings. The van der Waals surface area contributed by atoms with E-state index in [1.54, 1.807) is 0 Å². The van der Waals surface area contributed by atoms with Gasteiger partial charge < -0.3 is 4.74 Å². The zero-order valence-corrected chi connectivity index (χ0v) is 9.87. The Hall–Kier alpha value is -1.18. The van der Waals surface area contributed by atoms with Gasteiger partial charge in [-0.15, -0.1) is 11.3 Å². The maximum Gasteiger partial charge on any atom is 0.161 e. The number of thiophene rings is 1. The third-order valence-corrected chi connectivity index (χ3v) is 3.92. The summed E-state index contributed by atoms with van der Waals surface area (Å²) in [5, 5.41) is 11.0. The molecule has 0 radical (unpaired) electrons. The SMILES string of the molecule is CC1OCCC1C(=O)C(C#N)c1cccs1. The maximum atomic E-state index is 12.2. The van der Waals surface area contributed by atoms with Crippen LogP contribution in [-0.2, 0) is 9.53 Å². The molecule has 3 nitrogen and oxygen atoms in total. The Morgan fingerprint density at radius 3 is 3.06 bits per heavy atom. The topological polar surface area (TPSA) is 50.1 Å². The Bertz CT molecular complexity index is 407. The largest absolute Gasteiger partial charge is 0.378 e. The summed E-state index contributed by atoms with van der Waals surface area (Å²) in [5.74, 6) is -0.726. The van der Waals surface area contributed by atoms with E-state index in [9.17, 15) is 4.79 Å². The summed E-state index contributed by atoms with van der Waals surface area (Å²) in [6.45, 7) is 2.53. The van der Waals surface area contributed by atoms with Crippen molar-refractivity contribution < 1.29 is 9.53 Å². The summed E-state index contributed by atoms with van der Waals surface area (Å²) in [5.41, 5.74) is 0. The van der Waals surface area contributed by atoms with Crippen molar-refractivity contribution in [1.82, 2.24) is 0 Å². The lowest BCUT2D eigenvalue weighted by Gasteiger charge is -2.15. The van der Waals surface area contributed by atoms with Gasteiger partial charge in [0.1, 0.15) is 5.92 Å². The number of Topliss-reactive ketones (excluding diaryl/α,β-unsaturated/α-hetero) is 1. The van der Waals surface area contributed by atoms with Gasteiger partial charge in [0.2, 0.25) is 0 Å². The number of carbonyl (C=O) groups is 1. The number of hydrogen-bond acceptors (Lipinski definition) is 4. The summed E-state index contributed by atoms with van der Waals surface area (Å²) in [7, 11) is 0. The maximum absolute atomic E-state index is 12.2. The van der Waals surface area contributed by atoms with Gasteiger partial charge in [-0.25, -0.2) is 0 Å². The normalized spacial score (nSPS) is 26.2. The number of rotatable bonds is 3. The molecule has 0 aromatic carbocycles. The second-order valence-corrected chi connectivity index (χ2v) is 4.93. The molecule has 16 heavy (non-hydrogen) atoms. The van der Waals surface area contributed by atoms with Crippen LogP contribution in [0.5, 0.6) is 0 Å². The molecule has 0 N–H and O–H groups in total. The molecule has 3 atom stereocenters. The van der Waals surface area contributed by atoms with E-state index in [2.05, 4.69) is 6.07 Å². The van der Waals surface area contributed by atoms with E-state index < -0.39 is 5.92 Å². The minimum absolute atomic E-state index is 0.00921. The van der Waals surface area contributed by atoms with Crippen LogP contribution in [0.15, 0.2) is 17.5 Å². The first kappa shape index (κ1) is 11.3. The highest BCUT2D eigenvalue weighted by molar-refractivity contribution is 7.10. The lowest BCUT2D eigenvalue weighted by molar-refractivity contribution is -0.124. The van der Waals surface area contributed by atoms with E-state index in [-0.39, 0.29) is 17.8 Å². The second-order valence-electron chi connectivity index (χ2n) is 3.95. The van der Waals surface area contributed by atoms with Crippen molar-refractivity contribution in [2.75, 3.05) is 6.61 Å². The van der Waals surface area contributed by atoms with Crippen LogP contribution in [-0.4, -0.2) is 18.5 Å². The molecule has 4 heteroatoms. The molecular weight excluding hydrogens is 222 g/mol. The van der Waals surface area contributed by atoms with Crippen LogP contribution in [0.4, 0.5) is 0 Å². The van der Waals surface area contributed by atoms with Crippen molar-refractivity contribution in [2.45, 2.75) is 25.4 Å². The fraction of sp³-hybridized carbons (Fsp3) is 0.500. The first-order chi connectivity index (χ1) is 7.74. The van der Waals surface area contributed by atoms with Gasteiger partial charge in [-0.3, -0.25) is 4.79 Å². The van der Waals surface area contributed by atoms with Gasteiger partial charge in [-0.1, -0.05) is 6.07 Å². The fourth-order valence-electron chi connectivity index (χ4n) is 2.04. The first-order valence-electron chi connectivity index (χ1n) is 5.32. The zero-order valence-electron chi connectivity index (χ0n) is 9.05. The highest BCUT2D eigenvalue weighted by Gasteiger charge is 2.36. The zero-order chi connectivity index (χ0) is 11.5. The molecule has 1 saturated heterocycles. The van der Waals surface area contributed by atoms with Crippen molar-refractivity contribution in [2.24, 2.45) is 5.92 Å². The summed E-state index contributed by atoms with van der Waals surface area (Å²) >= 11 is 1.46. The van der Waals surface area contributed by atoms with Gasteiger partial charge in [0.25, 0.3) is 0 Å². The molecular formula is C12H13NO2S. The van der Waals surface area contributed by atoms with Crippen LogP contribution in [0.3, 0.4) is 0 Å². The fourth-order valence-corrected chi connectivity index (χ4v) is 2.82. The van der Waals surface area contributed by atoms with Crippen molar-refractivity contribution in [3.05, 3.63) is 22.4 Å². The lowest BCUT2D eigenvalue weighted by Crippen LogP contribution is -2.26. The quantitative estimate of drug-likeness (QED) is 0.808. The summed E-state index contributed by atoms with van der Waals surface area (Å²) < 4.78 is 5.37. The summed E-state index contributed by atoms with van der Waals surface area (Å²) in [6.07, 6.45) is 0.687. The Balaban J connectivity index is 2.17. The van der Waals surface area contributed by atoms with Crippen LogP contribution >= 0.6 is 11.3 Å². The second kappa shape index (κ2) is 4.77. The first-order valence-corrected chi connectivity index (χ1v) is 6.20. The van der Waals surface area contributed by atoms with Crippen molar-refractivity contribution >= 4 is 17.1 Å². The Kier molecular flexibility index (Phi) is 3.37. The summed E-state index contributed by atoms with van der Waals surface area (Å²) in [6, 6.07) is 5.82. The molecule has 1 aliphatic heterocycles. The predicted molar refractivity (Wildman–Crippen MR) is 61.2 cm³/mol. The molecule has 2 rings (SSSR count). The van der Waals surface area contributed by atoms with Crippen LogP contribution in [0, 0.1) is 17.2 Å². The lowest BCUT2D eigenvalue weighted by atomic mass is 9.88. The smallest absolute Gasteiger partial charge is 0.161 e. The van der Waals surface area contributed by atoms with Gasteiger partial charge in [0.05, 0.1) is 12.2 Å². The molecule has 0 aliphatic carbocycles. The minimum Gasteiger partial charge on any atom is -0.378 e. The minimum atomic E-state index is -0.617. The Morgan fingerprint density at radius 2 is 2.56 bits per heavy atom. The molecule has 0 saturated carbocycles. The number of ether oxygens (including phenoxy) is 1. The molecule has 0 spiro atoms. The molecule has 1 aromatic rings. The average Bonchev–Trinajstić information content (AvgIpc) is 2.90. The van der Waals surface area contributed by atoms with Crippen LogP contribution < -0.4 is 0 Å². The monoisotopic (exact) mass is 235 g/mol.